The average molecular weight is 281 g/mol. The van der Waals surface area contributed by atoms with Crippen molar-refractivity contribution < 1.29 is 0 Å². The number of thiazole rings is 1. The molecule has 0 amide bonds. The van der Waals surface area contributed by atoms with Crippen molar-refractivity contribution in [2.24, 2.45) is 5.73 Å². The molecule has 0 aliphatic carbocycles. The fourth-order valence-corrected chi connectivity index (χ4v) is 3.24. The lowest BCUT2D eigenvalue weighted by molar-refractivity contribution is 0.983. The first-order valence-electron chi connectivity index (χ1n) is 6.50. The van der Waals surface area contributed by atoms with Crippen molar-refractivity contribution >= 4 is 11.3 Å². The number of hydrogen-bond acceptors (Lipinski definition) is 4. The van der Waals surface area contributed by atoms with Gasteiger partial charge >= 0.3 is 0 Å². The van der Waals surface area contributed by atoms with E-state index in [-0.39, 0.29) is 0 Å². The predicted molar refractivity (Wildman–Crippen MR) is 82.5 cm³/mol. The summed E-state index contributed by atoms with van der Waals surface area (Å²) in [5.74, 6) is 0. The van der Waals surface area contributed by atoms with Gasteiger partial charge in [-0.25, -0.2) is 4.98 Å². The Bertz CT molecular complexity index is 677. The van der Waals surface area contributed by atoms with Crippen LogP contribution in [0.5, 0.6) is 0 Å². The third-order valence-electron chi connectivity index (χ3n) is 3.08. The molecule has 0 bridgehead atoms. The molecule has 2 heterocycles. The summed E-state index contributed by atoms with van der Waals surface area (Å²) >= 11 is 1.72. The van der Waals surface area contributed by atoms with Crippen molar-refractivity contribution in [2.75, 3.05) is 0 Å². The Labute approximate surface area is 122 Å². The molecule has 20 heavy (non-hydrogen) atoms. The van der Waals surface area contributed by atoms with Crippen LogP contribution in [0.15, 0.2) is 54.9 Å². The smallest absolute Gasteiger partial charge is 0.0979 e. The third kappa shape index (κ3) is 2.76. The van der Waals surface area contributed by atoms with Crippen molar-refractivity contribution in [3.63, 3.8) is 0 Å². The highest BCUT2D eigenvalue weighted by Gasteiger charge is 2.11. The first-order valence-corrected chi connectivity index (χ1v) is 7.31. The Morgan fingerprint density at radius 2 is 1.75 bits per heavy atom. The van der Waals surface area contributed by atoms with Crippen molar-refractivity contribution in [3.8, 4) is 10.4 Å². The molecule has 100 valence electrons. The first kappa shape index (κ1) is 13.0. The molecule has 3 rings (SSSR count). The van der Waals surface area contributed by atoms with Gasteiger partial charge in [0.15, 0.2) is 0 Å². The standard InChI is InChI=1S/C16H15N3S/c17-11-14-16(13-4-2-1-3-5-13)20-15(19-14)10-12-6-8-18-9-7-12/h1-9H,10-11,17H2. The molecular formula is C16H15N3S. The lowest BCUT2D eigenvalue weighted by Gasteiger charge is -1.98. The Kier molecular flexibility index (Phi) is 3.85. The summed E-state index contributed by atoms with van der Waals surface area (Å²) in [6.07, 6.45) is 4.45. The van der Waals surface area contributed by atoms with Gasteiger partial charge in [-0.05, 0) is 23.3 Å². The second-order valence-corrected chi connectivity index (χ2v) is 5.57. The molecule has 0 spiro atoms. The fourth-order valence-electron chi connectivity index (χ4n) is 2.11. The molecule has 4 heteroatoms. The zero-order valence-corrected chi connectivity index (χ0v) is 11.8. The number of rotatable bonds is 4. The van der Waals surface area contributed by atoms with Crippen LogP contribution >= 0.6 is 11.3 Å². The zero-order valence-electron chi connectivity index (χ0n) is 11.0. The third-order valence-corrected chi connectivity index (χ3v) is 4.22. The van der Waals surface area contributed by atoms with E-state index in [1.165, 1.54) is 16.0 Å². The van der Waals surface area contributed by atoms with Crippen LogP contribution in [0.1, 0.15) is 16.3 Å². The number of benzene rings is 1. The second-order valence-electron chi connectivity index (χ2n) is 4.49. The molecule has 0 aliphatic rings. The summed E-state index contributed by atoms with van der Waals surface area (Å²) < 4.78 is 0. The van der Waals surface area contributed by atoms with Gasteiger partial charge in [-0.2, -0.15) is 0 Å². The molecule has 0 atom stereocenters. The van der Waals surface area contributed by atoms with E-state index in [0.717, 1.165) is 17.1 Å². The molecular weight excluding hydrogens is 266 g/mol. The summed E-state index contributed by atoms with van der Waals surface area (Å²) in [4.78, 5) is 9.89. The molecule has 0 radical (unpaired) electrons. The first-order chi connectivity index (χ1) is 9.86. The summed E-state index contributed by atoms with van der Waals surface area (Å²) in [5.41, 5.74) is 9.21. The van der Waals surface area contributed by atoms with Gasteiger partial charge < -0.3 is 5.73 Å². The Balaban J connectivity index is 1.93. The Morgan fingerprint density at radius 3 is 2.45 bits per heavy atom. The highest BCUT2D eigenvalue weighted by Crippen LogP contribution is 2.31. The molecule has 0 saturated carbocycles. The quantitative estimate of drug-likeness (QED) is 0.798. The molecule has 2 aromatic heterocycles. The van der Waals surface area contributed by atoms with E-state index in [0.29, 0.717) is 6.54 Å². The minimum absolute atomic E-state index is 0.469. The van der Waals surface area contributed by atoms with Crippen LogP contribution in [0.25, 0.3) is 10.4 Å². The molecule has 1 aromatic carbocycles. The van der Waals surface area contributed by atoms with Gasteiger partial charge in [-0.1, -0.05) is 30.3 Å². The number of nitrogens with zero attached hydrogens (tertiary/aromatic N) is 2. The van der Waals surface area contributed by atoms with Gasteiger partial charge in [0.2, 0.25) is 0 Å². The number of aromatic nitrogens is 2. The molecule has 0 aliphatic heterocycles. The maximum absolute atomic E-state index is 5.83. The van der Waals surface area contributed by atoms with E-state index in [4.69, 9.17) is 5.73 Å². The Morgan fingerprint density at radius 1 is 1.00 bits per heavy atom. The topological polar surface area (TPSA) is 51.8 Å². The van der Waals surface area contributed by atoms with E-state index in [1.807, 2.05) is 42.7 Å². The molecule has 0 fully saturated rings. The van der Waals surface area contributed by atoms with E-state index < -0.39 is 0 Å². The zero-order chi connectivity index (χ0) is 13.8. The molecule has 0 saturated heterocycles. The van der Waals surface area contributed by atoms with E-state index in [2.05, 4.69) is 22.1 Å². The largest absolute Gasteiger partial charge is 0.325 e. The van der Waals surface area contributed by atoms with Crippen LogP contribution in [0.3, 0.4) is 0 Å². The van der Waals surface area contributed by atoms with Gasteiger partial charge in [-0.15, -0.1) is 11.3 Å². The fraction of sp³-hybridized carbons (Fsp3) is 0.125. The maximum Gasteiger partial charge on any atom is 0.0979 e. The molecule has 0 unspecified atom stereocenters. The highest BCUT2D eigenvalue weighted by atomic mass is 32.1. The summed E-state index contributed by atoms with van der Waals surface area (Å²) in [5, 5.41) is 1.09. The number of nitrogens with two attached hydrogens (primary N) is 1. The normalized spacial score (nSPS) is 10.7. The van der Waals surface area contributed by atoms with Crippen molar-refractivity contribution in [3.05, 3.63) is 71.1 Å². The van der Waals surface area contributed by atoms with Crippen LogP contribution in [-0.2, 0) is 13.0 Å². The van der Waals surface area contributed by atoms with Crippen LogP contribution in [0.2, 0.25) is 0 Å². The summed E-state index contributed by atoms with van der Waals surface area (Å²) in [6.45, 7) is 0.469. The van der Waals surface area contributed by atoms with Crippen LogP contribution in [0, 0.1) is 0 Å². The van der Waals surface area contributed by atoms with Crippen molar-refractivity contribution in [2.45, 2.75) is 13.0 Å². The monoisotopic (exact) mass is 281 g/mol. The van der Waals surface area contributed by atoms with Crippen LogP contribution in [0.4, 0.5) is 0 Å². The van der Waals surface area contributed by atoms with Crippen molar-refractivity contribution in [1.82, 2.24) is 9.97 Å². The van der Waals surface area contributed by atoms with E-state index in [9.17, 15) is 0 Å². The van der Waals surface area contributed by atoms with Gasteiger partial charge in [0.1, 0.15) is 0 Å². The Hall–Kier alpha value is -2.04. The SMILES string of the molecule is NCc1nc(Cc2ccncc2)sc1-c1ccccc1. The summed E-state index contributed by atoms with van der Waals surface area (Å²) in [7, 11) is 0. The molecule has 3 nitrogen and oxygen atoms in total. The summed E-state index contributed by atoms with van der Waals surface area (Å²) in [6, 6.07) is 14.3. The maximum atomic E-state index is 5.83. The van der Waals surface area contributed by atoms with Crippen LogP contribution < -0.4 is 5.73 Å². The van der Waals surface area contributed by atoms with E-state index >= 15 is 0 Å². The predicted octanol–water partition coefficient (Wildman–Crippen LogP) is 3.25. The minimum Gasteiger partial charge on any atom is -0.325 e. The lowest BCUT2D eigenvalue weighted by Crippen LogP contribution is -1.98. The second kappa shape index (κ2) is 5.94. The minimum atomic E-state index is 0.469. The number of hydrogen-bond donors (Lipinski definition) is 1. The average Bonchev–Trinajstić information content (AvgIpc) is 2.92. The highest BCUT2D eigenvalue weighted by molar-refractivity contribution is 7.15. The van der Waals surface area contributed by atoms with Gasteiger partial charge in [-0.3, -0.25) is 4.98 Å². The van der Waals surface area contributed by atoms with Crippen molar-refractivity contribution in [1.29, 1.82) is 0 Å². The lowest BCUT2D eigenvalue weighted by atomic mass is 10.1. The molecule has 3 aromatic rings. The van der Waals surface area contributed by atoms with Gasteiger partial charge in [0.05, 0.1) is 15.6 Å². The van der Waals surface area contributed by atoms with Crippen LogP contribution in [-0.4, -0.2) is 9.97 Å². The molecule has 2 N–H and O–H groups in total. The van der Waals surface area contributed by atoms with Gasteiger partial charge in [0, 0.05) is 25.4 Å². The van der Waals surface area contributed by atoms with Gasteiger partial charge in [0.25, 0.3) is 0 Å². The van der Waals surface area contributed by atoms with E-state index in [1.54, 1.807) is 11.3 Å². The number of pyridine rings is 1.